The van der Waals surface area contributed by atoms with Crippen molar-refractivity contribution in [3.63, 3.8) is 0 Å². The van der Waals surface area contributed by atoms with Gasteiger partial charge in [-0.15, -0.1) is 0 Å². The molecule has 0 atom stereocenters. The molecule has 0 unspecified atom stereocenters. The molecule has 1 aromatic carbocycles. The second-order valence-electron chi connectivity index (χ2n) is 3.94. The van der Waals surface area contributed by atoms with E-state index in [2.05, 4.69) is 33.4 Å². The highest BCUT2D eigenvalue weighted by molar-refractivity contribution is 5.76. The minimum Gasteiger partial charge on any atom is -0.491 e. The topological polar surface area (TPSA) is 50.8 Å². The molecule has 1 N–H and O–H groups in total. The first kappa shape index (κ1) is 10.8. The van der Waals surface area contributed by atoms with Gasteiger partial charge in [-0.25, -0.2) is 9.97 Å². The molecule has 0 saturated heterocycles. The van der Waals surface area contributed by atoms with Crippen LogP contribution in [0.3, 0.4) is 0 Å². The van der Waals surface area contributed by atoms with Crippen molar-refractivity contribution in [2.75, 3.05) is 6.61 Å². The number of nitrogens with zero attached hydrogens (tertiary/aromatic N) is 2. The van der Waals surface area contributed by atoms with E-state index in [1.807, 2.05) is 24.3 Å². The quantitative estimate of drug-likeness (QED) is 0.759. The lowest BCUT2D eigenvalue weighted by atomic mass is 10.2. The van der Waals surface area contributed by atoms with Crippen LogP contribution in [0, 0.1) is 6.33 Å². The summed E-state index contributed by atoms with van der Waals surface area (Å²) >= 11 is 0. The summed E-state index contributed by atoms with van der Waals surface area (Å²) in [6, 6.07) is 12.1. The molecule has 0 aliphatic heterocycles. The van der Waals surface area contributed by atoms with Gasteiger partial charge >= 0.3 is 0 Å². The maximum atomic E-state index is 5.74. The fraction of sp³-hybridized carbons (Fsp3) is 0.143. The first-order valence-electron chi connectivity index (χ1n) is 5.81. The van der Waals surface area contributed by atoms with Gasteiger partial charge in [-0.3, -0.25) is 0 Å². The Hall–Kier alpha value is -2.36. The zero-order valence-corrected chi connectivity index (χ0v) is 9.76. The van der Waals surface area contributed by atoms with E-state index in [-0.39, 0.29) is 0 Å². The van der Waals surface area contributed by atoms with E-state index < -0.39 is 0 Å². The third-order valence-corrected chi connectivity index (χ3v) is 2.72. The van der Waals surface area contributed by atoms with E-state index in [0.717, 1.165) is 17.7 Å². The van der Waals surface area contributed by atoms with E-state index in [1.165, 1.54) is 5.56 Å². The Morgan fingerprint density at radius 2 is 2.06 bits per heavy atom. The summed E-state index contributed by atoms with van der Waals surface area (Å²) < 4.78 is 5.74. The summed E-state index contributed by atoms with van der Waals surface area (Å²) in [7, 11) is 0. The molecule has 0 amide bonds. The number of hydrogen-bond donors (Lipinski definition) is 1. The van der Waals surface area contributed by atoms with Crippen molar-refractivity contribution in [2.45, 2.75) is 6.42 Å². The summed E-state index contributed by atoms with van der Waals surface area (Å²) in [4.78, 5) is 11.1. The van der Waals surface area contributed by atoms with Crippen LogP contribution in [0.25, 0.3) is 11.2 Å². The third-order valence-electron chi connectivity index (χ3n) is 2.72. The number of aromatic nitrogens is 3. The van der Waals surface area contributed by atoms with E-state index in [1.54, 1.807) is 6.20 Å². The molecule has 89 valence electrons. The molecule has 4 heteroatoms. The second-order valence-corrected chi connectivity index (χ2v) is 3.94. The largest absolute Gasteiger partial charge is 0.491 e. The predicted octanol–water partition coefficient (Wildman–Crippen LogP) is 2.38. The molecule has 0 aliphatic rings. The second kappa shape index (κ2) is 4.87. The maximum absolute atomic E-state index is 5.74. The number of pyridine rings is 1. The Morgan fingerprint density at radius 3 is 2.94 bits per heavy atom. The van der Waals surface area contributed by atoms with Crippen LogP contribution in [0.1, 0.15) is 5.56 Å². The average Bonchev–Trinajstić information content (AvgIpc) is 2.89. The van der Waals surface area contributed by atoms with Gasteiger partial charge < -0.3 is 9.72 Å². The van der Waals surface area contributed by atoms with Gasteiger partial charge in [0.25, 0.3) is 0 Å². The van der Waals surface area contributed by atoms with Crippen molar-refractivity contribution < 1.29 is 4.74 Å². The SMILES string of the molecule is [c]1nc2c(OCCc3ccccc3)ccnc2[nH]1. The predicted molar refractivity (Wildman–Crippen MR) is 68.4 cm³/mol. The van der Waals surface area contributed by atoms with Crippen LogP contribution in [0.15, 0.2) is 42.6 Å². The lowest BCUT2D eigenvalue weighted by molar-refractivity contribution is 0.325. The van der Waals surface area contributed by atoms with Crippen molar-refractivity contribution >= 4 is 11.2 Å². The van der Waals surface area contributed by atoms with Crippen molar-refractivity contribution in [1.29, 1.82) is 0 Å². The number of H-pyrrole nitrogens is 1. The van der Waals surface area contributed by atoms with Gasteiger partial charge in [-0.2, -0.15) is 0 Å². The summed E-state index contributed by atoms with van der Waals surface area (Å²) in [6.07, 6.45) is 5.24. The fourth-order valence-electron chi connectivity index (χ4n) is 1.81. The molecule has 2 heterocycles. The Bertz CT molecular complexity index is 634. The van der Waals surface area contributed by atoms with E-state index in [0.29, 0.717) is 12.3 Å². The van der Waals surface area contributed by atoms with E-state index >= 15 is 0 Å². The number of imidazole rings is 1. The Morgan fingerprint density at radius 1 is 1.17 bits per heavy atom. The van der Waals surface area contributed by atoms with Crippen LogP contribution in [0.5, 0.6) is 5.75 Å². The highest BCUT2D eigenvalue weighted by atomic mass is 16.5. The number of rotatable bonds is 4. The number of ether oxygens (including phenoxy) is 1. The van der Waals surface area contributed by atoms with Gasteiger partial charge in [-0.05, 0) is 5.56 Å². The zero-order valence-electron chi connectivity index (χ0n) is 9.76. The minimum atomic E-state index is 0.621. The van der Waals surface area contributed by atoms with Crippen LogP contribution in [0.4, 0.5) is 0 Å². The van der Waals surface area contributed by atoms with Crippen LogP contribution in [-0.2, 0) is 6.42 Å². The number of hydrogen-bond acceptors (Lipinski definition) is 3. The minimum absolute atomic E-state index is 0.621. The van der Waals surface area contributed by atoms with Crippen molar-refractivity contribution in [3.8, 4) is 5.75 Å². The number of aromatic amines is 1. The molecule has 1 radical (unpaired) electrons. The van der Waals surface area contributed by atoms with Gasteiger partial charge in [0.1, 0.15) is 5.75 Å². The van der Waals surface area contributed by atoms with Gasteiger partial charge in [0.05, 0.1) is 6.61 Å². The average molecular weight is 238 g/mol. The maximum Gasteiger partial charge on any atom is 0.176 e. The lowest BCUT2D eigenvalue weighted by Crippen LogP contribution is -2.01. The van der Waals surface area contributed by atoms with Crippen LogP contribution in [-0.4, -0.2) is 21.6 Å². The van der Waals surface area contributed by atoms with Gasteiger partial charge in [0.2, 0.25) is 0 Å². The molecule has 0 fully saturated rings. The van der Waals surface area contributed by atoms with Crippen molar-refractivity contribution in [1.82, 2.24) is 15.0 Å². The van der Waals surface area contributed by atoms with Gasteiger partial charge in [0.15, 0.2) is 17.5 Å². The normalized spacial score (nSPS) is 10.7. The molecule has 0 aliphatic carbocycles. The van der Waals surface area contributed by atoms with Crippen LogP contribution >= 0.6 is 0 Å². The molecule has 2 aromatic heterocycles. The number of fused-ring (bicyclic) bond motifs is 1. The molecule has 18 heavy (non-hydrogen) atoms. The van der Waals surface area contributed by atoms with Crippen LogP contribution in [0.2, 0.25) is 0 Å². The molecule has 3 rings (SSSR count). The highest BCUT2D eigenvalue weighted by Crippen LogP contribution is 2.20. The lowest BCUT2D eigenvalue weighted by Gasteiger charge is -2.06. The van der Waals surface area contributed by atoms with Crippen molar-refractivity contribution in [3.05, 3.63) is 54.5 Å². The Kier molecular flexibility index (Phi) is 2.92. The highest BCUT2D eigenvalue weighted by Gasteiger charge is 2.05. The van der Waals surface area contributed by atoms with E-state index in [9.17, 15) is 0 Å². The molecular weight excluding hydrogens is 226 g/mol. The number of nitrogens with one attached hydrogen (secondary N) is 1. The molecule has 4 nitrogen and oxygen atoms in total. The third kappa shape index (κ3) is 2.18. The Balaban J connectivity index is 1.68. The molecule has 0 saturated carbocycles. The summed E-state index contributed by atoms with van der Waals surface area (Å²) in [5, 5.41) is 0. The summed E-state index contributed by atoms with van der Waals surface area (Å²) in [5.41, 5.74) is 2.69. The first-order valence-corrected chi connectivity index (χ1v) is 5.81. The molecule has 0 spiro atoms. The molecule has 0 bridgehead atoms. The van der Waals surface area contributed by atoms with E-state index in [4.69, 9.17) is 4.74 Å². The summed E-state index contributed by atoms with van der Waals surface area (Å²) in [5.74, 6) is 0.744. The zero-order chi connectivity index (χ0) is 12.2. The van der Waals surface area contributed by atoms with Gasteiger partial charge in [0, 0.05) is 18.7 Å². The fourth-order valence-corrected chi connectivity index (χ4v) is 1.81. The van der Waals surface area contributed by atoms with Gasteiger partial charge in [-0.1, -0.05) is 30.3 Å². The smallest absolute Gasteiger partial charge is 0.176 e. The standard InChI is InChI=1S/C14H12N3O/c1-2-4-11(5-3-1)7-9-18-12-6-8-15-14-13(12)16-10-17-14/h1-6,8H,7,9H2,(H,15,16,17). The van der Waals surface area contributed by atoms with Crippen LogP contribution < -0.4 is 4.74 Å². The Labute approximate surface area is 105 Å². The first-order chi connectivity index (χ1) is 8.93. The monoisotopic (exact) mass is 238 g/mol. The summed E-state index contributed by atoms with van der Waals surface area (Å²) in [6.45, 7) is 0.621. The number of benzene rings is 1. The molecular formula is C14H12N3O. The molecule has 3 aromatic rings. The van der Waals surface area contributed by atoms with Crippen molar-refractivity contribution in [2.24, 2.45) is 0 Å².